The molecule has 1 heterocycles. The van der Waals surface area contributed by atoms with Gasteiger partial charge in [0.15, 0.2) is 0 Å². The summed E-state index contributed by atoms with van der Waals surface area (Å²) in [6.45, 7) is 0. The van der Waals surface area contributed by atoms with E-state index in [9.17, 15) is 0 Å². The quantitative estimate of drug-likeness (QED) is 0.773. The van der Waals surface area contributed by atoms with Crippen LogP contribution in [0, 0.1) is 17.8 Å². The maximum atomic E-state index is 6.51. The van der Waals surface area contributed by atoms with Crippen molar-refractivity contribution < 1.29 is 4.74 Å². The first kappa shape index (κ1) is 11.3. The molecular formula is C13H17ClN2O. The van der Waals surface area contributed by atoms with Crippen LogP contribution in [0.4, 0.5) is 0 Å². The van der Waals surface area contributed by atoms with E-state index in [4.69, 9.17) is 16.3 Å². The molecule has 0 saturated heterocycles. The standard InChI is InChI=1S/C13H17ClN2O/c1-17-12-6-8(15-7-16-12)5-11(14)13-9-3-2-4-10(9)13/h6-7,9-11,13H,2-5H2,1H3. The van der Waals surface area contributed by atoms with Gasteiger partial charge in [0.2, 0.25) is 5.88 Å². The lowest BCUT2D eigenvalue weighted by Gasteiger charge is -2.11. The molecule has 17 heavy (non-hydrogen) atoms. The van der Waals surface area contributed by atoms with E-state index in [1.165, 1.54) is 19.3 Å². The van der Waals surface area contributed by atoms with Gasteiger partial charge in [-0.2, -0.15) is 0 Å². The Kier molecular flexibility index (Phi) is 2.95. The van der Waals surface area contributed by atoms with Crippen LogP contribution >= 0.6 is 11.6 Å². The molecule has 2 saturated carbocycles. The summed E-state index contributed by atoms with van der Waals surface area (Å²) in [5, 5.41) is 0.227. The molecule has 0 spiro atoms. The van der Waals surface area contributed by atoms with Crippen LogP contribution in [0.1, 0.15) is 25.0 Å². The fourth-order valence-corrected chi connectivity index (χ4v) is 3.88. The molecule has 0 bridgehead atoms. The number of nitrogens with zero attached hydrogens (tertiary/aromatic N) is 2. The minimum absolute atomic E-state index is 0.227. The number of halogens is 1. The van der Waals surface area contributed by atoms with Crippen molar-refractivity contribution in [1.29, 1.82) is 0 Å². The molecule has 0 amide bonds. The Morgan fingerprint density at radius 2 is 2.18 bits per heavy atom. The highest BCUT2D eigenvalue weighted by molar-refractivity contribution is 6.21. The molecule has 0 N–H and O–H groups in total. The van der Waals surface area contributed by atoms with Crippen LogP contribution in [-0.2, 0) is 6.42 Å². The molecule has 4 heteroatoms. The molecule has 92 valence electrons. The summed E-state index contributed by atoms with van der Waals surface area (Å²) in [7, 11) is 1.62. The molecule has 0 aliphatic heterocycles. The summed E-state index contributed by atoms with van der Waals surface area (Å²) in [5.74, 6) is 3.16. The number of aromatic nitrogens is 2. The van der Waals surface area contributed by atoms with E-state index >= 15 is 0 Å². The van der Waals surface area contributed by atoms with Crippen LogP contribution in [0.5, 0.6) is 5.88 Å². The Hall–Kier alpha value is -0.830. The Morgan fingerprint density at radius 1 is 1.41 bits per heavy atom. The second-order valence-electron chi connectivity index (χ2n) is 5.11. The normalized spacial score (nSPS) is 32.0. The molecule has 3 rings (SSSR count). The molecule has 2 fully saturated rings. The Bertz CT molecular complexity index is 402. The highest BCUT2D eigenvalue weighted by atomic mass is 35.5. The summed E-state index contributed by atoms with van der Waals surface area (Å²) >= 11 is 6.51. The molecule has 3 atom stereocenters. The smallest absolute Gasteiger partial charge is 0.216 e. The fraction of sp³-hybridized carbons (Fsp3) is 0.692. The van der Waals surface area contributed by atoms with Gasteiger partial charge in [0.1, 0.15) is 6.33 Å². The predicted octanol–water partition coefficient (Wildman–Crippen LogP) is 2.68. The summed E-state index contributed by atoms with van der Waals surface area (Å²) in [4.78, 5) is 8.26. The lowest BCUT2D eigenvalue weighted by Crippen LogP contribution is -2.11. The lowest BCUT2D eigenvalue weighted by molar-refractivity contribution is 0.395. The lowest BCUT2D eigenvalue weighted by atomic mass is 10.0. The number of ether oxygens (including phenoxy) is 1. The molecule has 3 nitrogen and oxygen atoms in total. The van der Waals surface area contributed by atoms with Crippen LogP contribution in [0.15, 0.2) is 12.4 Å². The maximum absolute atomic E-state index is 6.51. The third-order valence-electron chi connectivity index (χ3n) is 4.20. The van der Waals surface area contributed by atoms with Gasteiger partial charge >= 0.3 is 0 Å². The largest absolute Gasteiger partial charge is 0.481 e. The predicted molar refractivity (Wildman–Crippen MR) is 66.3 cm³/mol. The van der Waals surface area contributed by atoms with E-state index < -0.39 is 0 Å². The van der Waals surface area contributed by atoms with Crippen molar-refractivity contribution in [3.8, 4) is 5.88 Å². The van der Waals surface area contributed by atoms with E-state index in [2.05, 4.69) is 9.97 Å². The summed E-state index contributed by atoms with van der Waals surface area (Å²) in [5.41, 5.74) is 0.988. The molecule has 2 aliphatic rings. The van der Waals surface area contributed by atoms with Crippen LogP contribution in [0.2, 0.25) is 0 Å². The third kappa shape index (κ3) is 2.13. The van der Waals surface area contributed by atoms with Gasteiger partial charge in [0, 0.05) is 23.6 Å². The Labute approximate surface area is 107 Å². The van der Waals surface area contributed by atoms with Gasteiger partial charge in [0.25, 0.3) is 0 Å². The zero-order chi connectivity index (χ0) is 11.8. The average molecular weight is 253 g/mol. The number of fused-ring (bicyclic) bond motifs is 1. The van der Waals surface area contributed by atoms with Crippen molar-refractivity contribution >= 4 is 11.6 Å². The number of methoxy groups -OCH3 is 1. The first-order valence-electron chi connectivity index (χ1n) is 6.28. The van der Waals surface area contributed by atoms with Gasteiger partial charge in [-0.3, -0.25) is 0 Å². The topological polar surface area (TPSA) is 35.0 Å². The van der Waals surface area contributed by atoms with E-state index in [0.717, 1.165) is 29.9 Å². The van der Waals surface area contributed by atoms with E-state index in [1.54, 1.807) is 13.4 Å². The SMILES string of the molecule is COc1cc(CC(Cl)C2C3CCCC32)ncn1. The molecule has 0 radical (unpaired) electrons. The van der Waals surface area contributed by atoms with Gasteiger partial charge in [-0.05, 0) is 30.6 Å². The van der Waals surface area contributed by atoms with Crippen molar-refractivity contribution in [3.05, 3.63) is 18.1 Å². The number of alkyl halides is 1. The Balaban J connectivity index is 1.62. The van der Waals surface area contributed by atoms with Crippen molar-refractivity contribution in [1.82, 2.24) is 9.97 Å². The van der Waals surface area contributed by atoms with Gasteiger partial charge in [0.05, 0.1) is 7.11 Å². The van der Waals surface area contributed by atoms with Crippen LogP contribution in [0.25, 0.3) is 0 Å². The van der Waals surface area contributed by atoms with E-state index in [1.807, 2.05) is 6.07 Å². The van der Waals surface area contributed by atoms with Gasteiger partial charge in [-0.15, -0.1) is 11.6 Å². The number of hydrogen-bond donors (Lipinski definition) is 0. The van der Waals surface area contributed by atoms with Crippen LogP contribution in [-0.4, -0.2) is 22.5 Å². The average Bonchev–Trinajstić information content (AvgIpc) is 2.84. The van der Waals surface area contributed by atoms with Gasteiger partial charge < -0.3 is 4.74 Å². The third-order valence-corrected chi connectivity index (χ3v) is 4.65. The minimum Gasteiger partial charge on any atom is -0.481 e. The second kappa shape index (κ2) is 4.45. The van der Waals surface area contributed by atoms with E-state index in [-0.39, 0.29) is 5.38 Å². The van der Waals surface area contributed by atoms with Crippen LogP contribution < -0.4 is 4.74 Å². The molecule has 3 unspecified atom stereocenters. The van der Waals surface area contributed by atoms with E-state index in [0.29, 0.717) is 5.88 Å². The van der Waals surface area contributed by atoms with Crippen molar-refractivity contribution in [2.45, 2.75) is 31.1 Å². The summed E-state index contributed by atoms with van der Waals surface area (Å²) < 4.78 is 5.09. The molecule has 1 aromatic rings. The second-order valence-corrected chi connectivity index (χ2v) is 5.67. The van der Waals surface area contributed by atoms with Crippen molar-refractivity contribution in [3.63, 3.8) is 0 Å². The van der Waals surface area contributed by atoms with Gasteiger partial charge in [-0.25, -0.2) is 9.97 Å². The molecule has 2 aliphatic carbocycles. The van der Waals surface area contributed by atoms with Crippen molar-refractivity contribution in [2.24, 2.45) is 17.8 Å². The molecule has 1 aromatic heterocycles. The first-order chi connectivity index (χ1) is 8.29. The van der Waals surface area contributed by atoms with Crippen molar-refractivity contribution in [2.75, 3.05) is 7.11 Å². The Morgan fingerprint density at radius 3 is 2.88 bits per heavy atom. The maximum Gasteiger partial charge on any atom is 0.216 e. The number of rotatable bonds is 4. The summed E-state index contributed by atoms with van der Waals surface area (Å²) in [6.07, 6.45) is 6.54. The zero-order valence-corrected chi connectivity index (χ0v) is 10.7. The highest BCUT2D eigenvalue weighted by Crippen LogP contribution is 2.60. The zero-order valence-electron chi connectivity index (χ0n) is 9.97. The minimum atomic E-state index is 0.227. The highest BCUT2D eigenvalue weighted by Gasteiger charge is 2.55. The summed E-state index contributed by atoms with van der Waals surface area (Å²) in [6, 6.07) is 1.88. The van der Waals surface area contributed by atoms with Crippen LogP contribution in [0.3, 0.4) is 0 Å². The van der Waals surface area contributed by atoms with Gasteiger partial charge in [-0.1, -0.05) is 6.42 Å². The fourth-order valence-electron chi connectivity index (χ4n) is 3.35. The molecular weight excluding hydrogens is 236 g/mol. The number of hydrogen-bond acceptors (Lipinski definition) is 3. The molecule has 0 aromatic carbocycles. The monoisotopic (exact) mass is 252 g/mol. The first-order valence-corrected chi connectivity index (χ1v) is 6.72.